The summed E-state index contributed by atoms with van der Waals surface area (Å²) < 4.78 is 12.9. The highest BCUT2D eigenvalue weighted by molar-refractivity contribution is 7.13. The minimum atomic E-state index is -0.324. The molecule has 0 bridgehead atoms. The maximum Gasteiger partial charge on any atom is 0.253 e. The van der Waals surface area contributed by atoms with E-state index in [0.29, 0.717) is 18.7 Å². The van der Waals surface area contributed by atoms with E-state index >= 15 is 0 Å². The molecule has 1 saturated heterocycles. The average molecular weight is 305 g/mol. The van der Waals surface area contributed by atoms with Crippen LogP contribution in [0.2, 0.25) is 0 Å². The van der Waals surface area contributed by atoms with Crippen LogP contribution in [-0.2, 0) is 0 Å². The van der Waals surface area contributed by atoms with E-state index < -0.39 is 0 Å². The molecule has 1 aliphatic heterocycles. The van der Waals surface area contributed by atoms with Crippen molar-refractivity contribution in [3.8, 4) is 0 Å². The SMILES string of the molecule is Cc1csc(N2CCN(C(=O)c3ccc(F)cc3)CC2)n1. The number of aryl methyl sites for hydroxylation is 1. The van der Waals surface area contributed by atoms with Crippen LogP contribution >= 0.6 is 11.3 Å². The molecule has 2 heterocycles. The van der Waals surface area contributed by atoms with Gasteiger partial charge in [0, 0.05) is 37.1 Å². The van der Waals surface area contributed by atoms with Crippen LogP contribution in [0.3, 0.4) is 0 Å². The van der Waals surface area contributed by atoms with Gasteiger partial charge in [0.05, 0.1) is 5.69 Å². The Labute approximate surface area is 126 Å². The van der Waals surface area contributed by atoms with Crippen LogP contribution in [0.4, 0.5) is 9.52 Å². The standard InChI is InChI=1S/C15H16FN3OS/c1-11-10-21-15(17-11)19-8-6-18(7-9-19)14(20)12-2-4-13(16)5-3-12/h2-5,10H,6-9H2,1H3. The van der Waals surface area contributed by atoms with Crippen LogP contribution in [0, 0.1) is 12.7 Å². The Bertz CT molecular complexity index is 633. The molecule has 1 aromatic heterocycles. The molecule has 0 unspecified atom stereocenters. The number of anilines is 1. The summed E-state index contributed by atoms with van der Waals surface area (Å²) in [6.07, 6.45) is 0. The predicted molar refractivity (Wildman–Crippen MR) is 81.4 cm³/mol. The number of amides is 1. The zero-order valence-corrected chi connectivity index (χ0v) is 12.6. The number of piperazine rings is 1. The number of benzene rings is 1. The Morgan fingerprint density at radius 2 is 1.86 bits per heavy atom. The van der Waals surface area contributed by atoms with Gasteiger partial charge in [0.15, 0.2) is 5.13 Å². The van der Waals surface area contributed by atoms with E-state index in [1.165, 1.54) is 24.3 Å². The van der Waals surface area contributed by atoms with E-state index in [0.717, 1.165) is 23.9 Å². The summed E-state index contributed by atoms with van der Waals surface area (Å²) in [5.74, 6) is -0.361. The number of nitrogens with zero attached hydrogens (tertiary/aromatic N) is 3. The summed E-state index contributed by atoms with van der Waals surface area (Å²) in [5, 5.41) is 3.05. The zero-order valence-electron chi connectivity index (χ0n) is 11.8. The van der Waals surface area contributed by atoms with Crippen LogP contribution in [0.1, 0.15) is 16.1 Å². The van der Waals surface area contributed by atoms with E-state index in [1.54, 1.807) is 11.3 Å². The molecule has 0 radical (unpaired) electrons. The van der Waals surface area contributed by atoms with Crippen molar-refractivity contribution in [1.82, 2.24) is 9.88 Å². The Kier molecular flexibility index (Phi) is 3.88. The highest BCUT2D eigenvalue weighted by Gasteiger charge is 2.23. The Morgan fingerprint density at radius 1 is 1.19 bits per heavy atom. The molecule has 4 nitrogen and oxygen atoms in total. The molecule has 0 spiro atoms. The van der Waals surface area contributed by atoms with E-state index in [2.05, 4.69) is 9.88 Å². The summed E-state index contributed by atoms with van der Waals surface area (Å²) in [7, 11) is 0. The fourth-order valence-electron chi connectivity index (χ4n) is 2.36. The van der Waals surface area contributed by atoms with E-state index in [-0.39, 0.29) is 11.7 Å². The molecule has 0 saturated carbocycles. The van der Waals surface area contributed by atoms with Crippen LogP contribution < -0.4 is 4.90 Å². The molecular formula is C15H16FN3OS. The van der Waals surface area contributed by atoms with Gasteiger partial charge in [-0.15, -0.1) is 11.3 Å². The summed E-state index contributed by atoms with van der Waals surface area (Å²) >= 11 is 1.63. The quantitative estimate of drug-likeness (QED) is 0.855. The third-order valence-corrected chi connectivity index (χ3v) is 4.55. The van der Waals surface area contributed by atoms with Crippen molar-refractivity contribution in [2.75, 3.05) is 31.1 Å². The monoisotopic (exact) mass is 305 g/mol. The molecule has 0 aliphatic carbocycles. The van der Waals surface area contributed by atoms with Crippen LogP contribution in [0.5, 0.6) is 0 Å². The van der Waals surface area contributed by atoms with Crippen LogP contribution in [-0.4, -0.2) is 42.0 Å². The lowest BCUT2D eigenvalue weighted by molar-refractivity contribution is 0.0746. The third kappa shape index (κ3) is 3.05. The fraction of sp³-hybridized carbons (Fsp3) is 0.333. The lowest BCUT2D eigenvalue weighted by atomic mass is 10.2. The van der Waals surface area contributed by atoms with Crippen molar-refractivity contribution >= 4 is 22.4 Å². The first-order chi connectivity index (χ1) is 10.1. The molecule has 1 fully saturated rings. The number of halogens is 1. The van der Waals surface area contributed by atoms with Gasteiger partial charge < -0.3 is 9.80 Å². The number of rotatable bonds is 2. The Morgan fingerprint density at radius 3 is 2.43 bits per heavy atom. The van der Waals surface area contributed by atoms with Gasteiger partial charge in [-0.05, 0) is 31.2 Å². The van der Waals surface area contributed by atoms with Crippen molar-refractivity contribution in [3.63, 3.8) is 0 Å². The highest BCUT2D eigenvalue weighted by Crippen LogP contribution is 2.21. The van der Waals surface area contributed by atoms with Gasteiger partial charge in [-0.1, -0.05) is 0 Å². The van der Waals surface area contributed by atoms with Gasteiger partial charge in [0.2, 0.25) is 0 Å². The second kappa shape index (κ2) is 5.81. The van der Waals surface area contributed by atoms with E-state index in [1.807, 2.05) is 17.2 Å². The molecule has 6 heteroatoms. The number of carbonyl (C=O) groups excluding carboxylic acids is 1. The van der Waals surface area contributed by atoms with Crippen molar-refractivity contribution < 1.29 is 9.18 Å². The van der Waals surface area contributed by atoms with Crippen molar-refractivity contribution in [3.05, 3.63) is 46.7 Å². The number of hydrogen-bond acceptors (Lipinski definition) is 4. The third-order valence-electron chi connectivity index (χ3n) is 3.54. The van der Waals surface area contributed by atoms with Gasteiger partial charge in [0.1, 0.15) is 5.82 Å². The van der Waals surface area contributed by atoms with Gasteiger partial charge in [-0.3, -0.25) is 4.79 Å². The maximum atomic E-state index is 12.9. The highest BCUT2D eigenvalue weighted by atomic mass is 32.1. The predicted octanol–water partition coefficient (Wildman–Crippen LogP) is 2.55. The average Bonchev–Trinajstić information content (AvgIpc) is 2.94. The minimum absolute atomic E-state index is 0.0371. The van der Waals surface area contributed by atoms with Crippen LogP contribution in [0.25, 0.3) is 0 Å². The number of hydrogen-bond donors (Lipinski definition) is 0. The normalized spacial score (nSPS) is 15.3. The Balaban J connectivity index is 1.63. The molecular weight excluding hydrogens is 289 g/mol. The molecule has 3 rings (SSSR count). The fourth-order valence-corrected chi connectivity index (χ4v) is 3.22. The summed E-state index contributed by atoms with van der Waals surface area (Å²) in [5.41, 5.74) is 1.56. The van der Waals surface area contributed by atoms with Gasteiger partial charge in [-0.2, -0.15) is 0 Å². The molecule has 0 atom stereocenters. The van der Waals surface area contributed by atoms with Gasteiger partial charge in [-0.25, -0.2) is 9.37 Å². The lowest BCUT2D eigenvalue weighted by Gasteiger charge is -2.34. The van der Waals surface area contributed by atoms with Crippen molar-refractivity contribution in [2.24, 2.45) is 0 Å². The molecule has 1 aromatic carbocycles. The molecule has 1 amide bonds. The summed E-state index contributed by atoms with van der Waals surface area (Å²) in [6.45, 7) is 4.86. The molecule has 21 heavy (non-hydrogen) atoms. The van der Waals surface area contributed by atoms with E-state index in [9.17, 15) is 9.18 Å². The van der Waals surface area contributed by atoms with Crippen LogP contribution in [0.15, 0.2) is 29.6 Å². The first-order valence-electron chi connectivity index (χ1n) is 6.85. The molecule has 0 N–H and O–H groups in total. The molecule has 1 aliphatic rings. The number of thiazole rings is 1. The zero-order chi connectivity index (χ0) is 14.8. The second-order valence-electron chi connectivity index (χ2n) is 5.06. The second-order valence-corrected chi connectivity index (χ2v) is 5.89. The largest absolute Gasteiger partial charge is 0.345 e. The molecule has 2 aromatic rings. The topological polar surface area (TPSA) is 36.4 Å². The first kappa shape index (κ1) is 14.0. The first-order valence-corrected chi connectivity index (χ1v) is 7.73. The van der Waals surface area contributed by atoms with Gasteiger partial charge >= 0.3 is 0 Å². The lowest BCUT2D eigenvalue weighted by Crippen LogP contribution is -2.48. The Hall–Kier alpha value is -1.95. The summed E-state index contributed by atoms with van der Waals surface area (Å²) in [4.78, 5) is 20.8. The van der Waals surface area contributed by atoms with Crippen molar-refractivity contribution in [1.29, 1.82) is 0 Å². The minimum Gasteiger partial charge on any atom is -0.345 e. The van der Waals surface area contributed by atoms with Gasteiger partial charge in [0.25, 0.3) is 5.91 Å². The number of aromatic nitrogens is 1. The maximum absolute atomic E-state index is 12.9. The summed E-state index contributed by atoms with van der Waals surface area (Å²) in [6, 6.07) is 5.71. The smallest absolute Gasteiger partial charge is 0.253 e. The van der Waals surface area contributed by atoms with E-state index in [4.69, 9.17) is 0 Å². The molecule has 110 valence electrons. The number of carbonyl (C=O) groups is 1. The van der Waals surface area contributed by atoms with Crippen molar-refractivity contribution in [2.45, 2.75) is 6.92 Å².